The van der Waals surface area contributed by atoms with Gasteiger partial charge < -0.3 is 4.74 Å². The standard InChI is InChI=1S/C19H16Cl2FN3O2S2/c1-2-7-27-16-13(20)8-12(9-14(16)21)17(26)23-18-24-25-19(29-18)28-10-11-5-3-4-6-15(11)22/h3-6,8-9H,2,7,10H2,1H3,(H,23,24,26). The number of carbonyl (C=O) groups excluding carboxylic acids is 1. The topological polar surface area (TPSA) is 64.1 Å². The lowest BCUT2D eigenvalue weighted by molar-refractivity contribution is 0.102. The number of rotatable bonds is 8. The van der Waals surface area contributed by atoms with Crippen LogP contribution in [0.15, 0.2) is 40.7 Å². The highest BCUT2D eigenvalue weighted by Crippen LogP contribution is 2.35. The van der Waals surface area contributed by atoms with Crippen molar-refractivity contribution < 1.29 is 13.9 Å². The minimum atomic E-state index is -0.419. The van der Waals surface area contributed by atoms with Gasteiger partial charge in [0.1, 0.15) is 5.82 Å². The van der Waals surface area contributed by atoms with Crippen molar-refractivity contribution in [2.45, 2.75) is 23.4 Å². The molecular weight excluding hydrogens is 456 g/mol. The Hall–Kier alpha value is -1.87. The average molecular weight is 472 g/mol. The van der Waals surface area contributed by atoms with Gasteiger partial charge in [-0.1, -0.05) is 71.4 Å². The van der Waals surface area contributed by atoms with E-state index >= 15 is 0 Å². The molecule has 0 saturated heterocycles. The normalized spacial score (nSPS) is 10.8. The summed E-state index contributed by atoms with van der Waals surface area (Å²) in [6.07, 6.45) is 0.809. The Bertz CT molecular complexity index is 994. The number of anilines is 1. The predicted octanol–water partition coefficient (Wildman–Crippen LogP) is 6.32. The van der Waals surface area contributed by atoms with Gasteiger partial charge in [-0.15, -0.1) is 10.2 Å². The highest BCUT2D eigenvalue weighted by Gasteiger charge is 2.16. The fraction of sp³-hybridized carbons (Fsp3) is 0.211. The molecule has 29 heavy (non-hydrogen) atoms. The van der Waals surface area contributed by atoms with Crippen molar-refractivity contribution in [2.24, 2.45) is 0 Å². The molecule has 0 aliphatic carbocycles. The number of benzene rings is 2. The van der Waals surface area contributed by atoms with Crippen molar-refractivity contribution in [3.8, 4) is 5.75 Å². The number of thioether (sulfide) groups is 1. The van der Waals surface area contributed by atoms with Crippen molar-refractivity contribution in [2.75, 3.05) is 11.9 Å². The second-order valence-corrected chi connectivity index (χ2v) is 8.84. The first-order chi connectivity index (χ1) is 14.0. The van der Waals surface area contributed by atoms with E-state index in [-0.39, 0.29) is 21.4 Å². The summed E-state index contributed by atoms with van der Waals surface area (Å²) < 4.78 is 19.8. The van der Waals surface area contributed by atoms with Crippen molar-refractivity contribution in [3.05, 3.63) is 63.4 Å². The Morgan fingerprint density at radius 2 is 1.97 bits per heavy atom. The first-order valence-electron chi connectivity index (χ1n) is 8.60. The number of hydrogen-bond donors (Lipinski definition) is 1. The summed E-state index contributed by atoms with van der Waals surface area (Å²) in [5, 5.41) is 11.5. The van der Waals surface area contributed by atoms with Crippen LogP contribution in [0.3, 0.4) is 0 Å². The molecular formula is C19H16Cl2FN3O2S2. The molecule has 0 saturated carbocycles. The molecule has 1 N–H and O–H groups in total. The zero-order valence-corrected chi connectivity index (χ0v) is 18.4. The first-order valence-corrected chi connectivity index (χ1v) is 11.2. The zero-order valence-electron chi connectivity index (χ0n) is 15.2. The van der Waals surface area contributed by atoms with Gasteiger partial charge in [0.15, 0.2) is 10.1 Å². The van der Waals surface area contributed by atoms with Gasteiger partial charge in [0.2, 0.25) is 5.13 Å². The van der Waals surface area contributed by atoms with E-state index < -0.39 is 5.91 Å². The molecule has 5 nitrogen and oxygen atoms in total. The number of nitrogens with one attached hydrogen (secondary N) is 1. The van der Waals surface area contributed by atoms with E-state index in [4.69, 9.17) is 27.9 Å². The van der Waals surface area contributed by atoms with Gasteiger partial charge >= 0.3 is 0 Å². The fourth-order valence-corrected chi connectivity index (χ4v) is 4.61. The quantitative estimate of drug-likeness (QED) is 0.307. The van der Waals surface area contributed by atoms with Crippen LogP contribution in [-0.4, -0.2) is 22.7 Å². The Kier molecular flexibility index (Phi) is 7.71. The lowest BCUT2D eigenvalue weighted by Crippen LogP contribution is -2.12. The number of aromatic nitrogens is 2. The second-order valence-electron chi connectivity index (χ2n) is 5.82. The van der Waals surface area contributed by atoms with E-state index in [9.17, 15) is 9.18 Å². The number of ether oxygens (including phenoxy) is 1. The van der Waals surface area contributed by atoms with Gasteiger partial charge in [-0.2, -0.15) is 0 Å². The Morgan fingerprint density at radius 3 is 2.66 bits per heavy atom. The number of amides is 1. The van der Waals surface area contributed by atoms with Gasteiger partial charge in [0.25, 0.3) is 5.91 Å². The van der Waals surface area contributed by atoms with Crippen LogP contribution >= 0.6 is 46.3 Å². The molecule has 10 heteroatoms. The van der Waals surface area contributed by atoms with Crippen molar-refractivity contribution in [1.82, 2.24) is 10.2 Å². The van der Waals surface area contributed by atoms with E-state index in [1.807, 2.05) is 6.92 Å². The average Bonchev–Trinajstić information content (AvgIpc) is 3.14. The van der Waals surface area contributed by atoms with Crippen LogP contribution in [0.1, 0.15) is 29.3 Å². The molecule has 0 bridgehead atoms. The maximum absolute atomic E-state index is 13.7. The molecule has 1 aromatic heterocycles. The summed E-state index contributed by atoms with van der Waals surface area (Å²) in [7, 11) is 0. The third-order valence-corrected chi connectivity index (χ3v) is 6.23. The molecule has 0 aliphatic rings. The third-order valence-electron chi connectivity index (χ3n) is 3.65. The van der Waals surface area contributed by atoms with Crippen LogP contribution in [-0.2, 0) is 5.75 Å². The summed E-state index contributed by atoms with van der Waals surface area (Å²) in [5.41, 5.74) is 0.854. The van der Waals surface area contributed by atoms with E-state index in [1.54, 1.807) is 18.2 Å². The largest absolute Gasteiger partial charge is 0.490 e. The van der Waals surface area contributed by atoms with Crippen molar-refractivity contribution in [1.29, 1.82) is 0 Å². The SMILES string of the molecule is CCCOc1c(Cl)cc(C(=O)Nc2nnc(SCc3ccccc3F)s2)cc1Cl. The highest BCUT2D eigenvalue weighted by molar-refractivity contribution is 8.00. The molecule has 3 rings (SSSR count). The van der Waals surface area contributed by atoms with E-state index in [0.717, 1.165) is 6.42 Å². The Labute approximate surface area is 185 Å². The fourth-order valence-electron chi connectivity index (χ4n) is 2.28. The number of hydrogen-bond acceptors (Lipinski definition) is 6. The smallest absolute Gasteiger partial charge is 0.257 e. The van der Waals surface area contributed by atoms with E-state index in [1.165, 1.54) is 41.3 Å². The van der Waals surface area contributed by atoms with Gasteiger partial charge in [-0.3, -0.25) is 10.1 Å². The lowest BCUT2D eigenvalue weighted by atomic mass is 10.2. The summed E-state index contributed by atoms with van der Waals surface area (Å²) >= 11 is 14.9. The Balaban J connectivity index is 1.63. The van der Waals surface area contributed by atoms with Gasteiger partial charge in [-0.25, -0.2) is 4.39 Å². The van der Waals surface area contributed by atoms with Crippen LogP contribution in [0.25, 0.3) is 0 Å². The maximum atomic E-state index is 13.7. The van der Waals surface area contributed by atoms with Crippen LogP contribution in [0.4, 0.5) is 9.52 Å². The number of halogens is 3. The summed E-state index contributed by atoms with van der Waals surface area (Å²) in [6.45, 7) is 2.44. The molecule has 1 amide bonds. The van der Waals surface area contributed by atoms with Gasteiger partial charge in [0.05, 0.1) is 16.7 Å². The molecule has 0 spiro atoms. The second kappa shape index (κ2) is 10.2. The number of nitrogens with zero attached hydrogens (tertiary/aromatic N) is 2. The van der Waals surface area contributed by atoms with Gasteiger partial charge in [0, 0.05) is 11.3 Å². The van der Waals surface area contributed by atoms with Crippen molar-refractivity contribution in [3.63, 3.8) is 0 Å². The monoisotopic (exact) mass is 471 g/mol. The third kappa shape index (κ3) is 5.82. The summed E-state index contributed by atoms with van der Waals surface area (Å²) in [5.74, 6) is 0.0879. The lowest BCUT2D eigenvalue weighted by Gasteiger charge is -2.10. The molecule has 0 atom stereocenters. The maximum Gasteiger partial charge on any atom is 0.257 e. The molecule has 152 valence electrons. The van der Waals surface area contributed by atoms with Crippen LogP contribution in [0, 0.1) is 5.82 Å². The summed E-state index contributed by atoms with van der Waals surface area (Å²) in [4.78, 5) is 12.5. The molecule has 0 unspecified atom stereocenters. The molecule has 0 aliphatic heterocycles. The van der Waals surface area contributed by atoms with Crippen LogP contribution in [0.5, 0.6) is 5.75 Å². The minimum absolute atomic E-state index is 0.259. The molecule has 2 aromatic carbocycles. The first kappa shape index (κ1) is 21.8. The number of carbonyl (C=O) groups is 1. The molecule has 0 fully saturated rings. The van der Waals surface area contributed by atoms with E-state index in [0.29, 0.717) is 33.1 Å². The highest BCUT2D eigenvalue weighted by atomic mass is 35.5. The molecule has 1 heterocycles. The molecule has 0 radical (unpaired) electrons. The van der Waals surface area contributed by atoms with Crippen LogP contribution in [0.2, 0.25) is 10.0 Å². The molecule has 3 aromatic rings. The van der Waals surface area contributed by atoms with Crippen molar-refractivity contribution >= 4 is 57.3 Å². The Morgan fingerprint density at radius 1 is 1.24 bits per heavy atom. The summed E-state index contributed by atoms with van der Waals surface area (Å²) in [6, 6.07) is 9.53. The predicted molar refractivity (Wildman–Crippen MR) is 116 cm³/mol. The minimum Gasteiger partial charge on any atom is -0.490 e. The van der Waals surface area contributed by atoms with Gasteiger partial charge in [-0.05, 0) is 30.2 Å². The van der Waals surface area contributed by atoms with Crippen LogP contribution < -0.4 is 10.1 Å². The zero-order chi connectivity index (χ0) is 20.8. The van der Waals surface area contributed by atoms with E-state index in [2.05, 4.69) is 15.5 Å².